The number of hydrogen-bond acceptors (Lipinski definition) is 2. The molecule has 1 unspecified atom stereocenters. The normalized spacial score (nSPS) is 16.9. The Hall–Kier alpha value is -1.22. The number of benzene rings is 1. The number of halogens is 1. The van der Waals surface area contributed by atoms with E-state index in [1.54, 1.807) is 12.1 Å². The van der Waals surface area contributed by atoms with E-state index in [2.05, 4.69) is 12.2 Å². The molecule has 86 valence electrons. The summed E-state index contributed by atoms with van der Waals surface area (Å²) in [6.45, 7) is 2.12. The van der Waals surface area contributed by atoms with Crippen LogP contribution in [-0.4, -0.2) is 17.1 Å². The SMILES string of the molecule is CC(Nc1ccc(Cl)c(C(=O)O)c1)C1CC1. The monoisotopic (exact) mass is 239 g/mol. The summed E-state index contributed by atoms with van der Waals surface area (Å²) in [4.78, 5) is 10.9. The van der Waals surface area contributed by atoms with Gasteiger partial charge in [0.25, 0.3) is 0 Å². The number of anilines is 1. The number of carboxylic acid groups (broad SMARTS) is 1. The van der Waals surface area contributed by atoms with Gasteiger partial charge in [-0.1, -0.05) is 11.6 Å². The van der Waals surface area contributed by atoms with Gasteiger partial charge in [-0.25, -0.2) is 4.79 Å². The van der Waals surface area contributed by atoms with Gasteiger partial charge in [-0.05, 0) is 43.9 Å². The fourth-order valence-corrected chi connectivity index (χ4v) is 1.95. The van der Waals surface area contributed by atoms with Crippen LogP contribution in [0.3, 0.4) is 0 Å². The second-order valence-corrected chi connectivity index (χ2v) is 4.68. The zero-order valence-electron chi connectivity index (χ0n) is 9.03. The molecule has 1 atom stereocenters. The minimum atomic E-state index is -0.993. The summed E-state index contributed by atoms with van der Waals surface area (Å²) in [5, 5.41) is 12.5. The quantitative estimate of drug-likeness (QED) is 0.848. The highest BCUT2D eigenvalue weighted by Gasteiger charge is 2.27. The molecule has 1 fully saturated rings. The van der Waals surface area contributed by atoms with Crippen LogP contribution in [0.2, 0.25) is 5.02 Å². The smallest absolute Gasteiger partial charge is 0.337 e. The fourth-order valence-electron chi connectivity index (χ4n) is 1.76. The van der Waals surface area contributed by atoms with E-state index in [1.165, 1.54) is 12.8 Å². The Balaban J connectivity index is 2.15. The number of carboxylic acids is 1. The van der Waals surface area contributed by atoms with Crippen molar-refractivity contribution in [2.24, 2.45) is 5.92 Å². The van der Waals surface area contributed by atoms with Gasteiger partial charge in [-0.3, -0.25) is 0 Å². The van der Waals surface area contributed by atoms with E-state index in [1.807, 2.05) is 6.07 Å². The molecule has 0 bridgehead atoms. The molecule has 1 aliphatic rings. The fraction of sp³-hybridized carbons (Fsp3) is 0.417. The molecule has 2 N–H and O–H groups in total. The van der Waals surface area contributed by atoms with Crippen LogP contribution >= 0.6 is 11.6 Å². The third-order valence-electron chi connectivity index (χ3n) is 2.92. The Kier molecular flexibility index (Phi) is 3.06. The van der Waals surface area contributed by atoms with Crippen LogP contribution in [0.15, 0.2) is 18.2 Å². The van der Waals surface area contributed by atoms with Gasteiger partial charge in [0, 0.05) is 11.7 Å². The van der Waals surface area contributed by atoms with Gasteiger partial charge in [0.15, 0.2) is 0 Å². The lowest BCUT2D eigenvalue weighted by atomic mass is 10.1. The van der Waals surface area contributed by atoms with Crippen molar-refractivity contribution in [3.8, 4) is 0 Å². The van der Waals surface area contributed by atoms with Crippen LogP contribution < -0.4 is 5.32 Å². The Morgan fingerprint density at radius 2 is 2.25 bits per heavy atom. The maximum atomic E-state index is 10.9. The van der Waals surface area contributed by atoms with Crippen LogP contribution in [0.4, 0.5) is 5.69 Å². The van der Waals surface area contributed by atoms with Gasteiger partial charge in [-0.15, -0.1) is 0 Å². The molecule has 1 aromatic rings. The van der Waals surface area contributed by atoms with Crippen molar-refractivity contribution in [1.82, 2.24) is 0 Å². The second-order valence-electron chi connectivity index (χ2n) is 4.27. The first-order chi connectivity index (χ1) is 7.58. The second kappa shape index (κ2) is 4.34. The van der Waals surface area contributed by atoms with Crippen LogP contribution in [0, 0.1) is 5.92 Å². The Bertz CT molecular complexity index is 415. The maximum absolute atomic E-state index is 10.9. The molecule has 4 heteroatoms. The largest absolute Gasteiger partial charge is 0.478 e. The van der Waals surface area contributed by atoms with E-state index < -0.39 is 5.97 Å². The molecule has 0 heterocycles. The van der Waals surface area contributed by atoms with Crippen LogP contribution in [0.1, 0.15) is 30.1 Å². The molecule has 0 spiro atoms. The third-order valence-corrected chi connectivity index (χ3v) is 3.25. The van der Waals surface area contributed by atoms with E-state index in [-0.39, 0.29) is 10.6 Å². The van der Waals surface area contributed by atoms with Gasteiger partial charge in [-0.2, -0.15) is 0 Å². The minimum absolute atomic E-state index is 0.148. The highest BCUT2D eigenvalue weighted by Crippen LogP contribution is 2.34. The minimum Gasteiger partial charge on any atom is -0.478 e. The molecule has 0 aromatic heterocycles. The molecule has 1 aliphatic carbocycles. The van der Waals surface area contributed by atoms with Crippen molar-refractivity contribution in [3.63, 3.8) is 0 Å². The van der Waals surface area contributed by atoms with Crippen LogP contribution in [0.5, 0.6) is 0 Å². The summed E-state index contributed by atoms with van der Waals surface area (Å²) >= 11 is 5.79. The lowest BCUT2D eigenvalue weighted by molar-refractivity contribution is 0.0697. The first-order valence-corrected chi connectivity index (χ1v) is 5.75. The van der Waals surface area contributed by atoms with Crippen molar-refractivity contribution in [2.75, 3.05) is 5.32 Å². The number of nitrogens with one attached hydrogen (secondary N) is 1. The molecule has 0 amide bonds. The summed E-state index contributed by atoms with van der Waals surface area (Å²) in [5.74, 6) is -0.267. The molecule has 2 rings (SSSR count). The van der Waals surface area contributed by atoms with E-state index in [0.717, 1.165) is 11.6 Å². The number of rotatable bonds is 4. The molecule has 0 radical (unpaired) electrons. The Morgan fingerprint density at radius 3 is 2.81 bits per heavy atom. The van der Waals surface area contributed by atoms with E-state index >= 15 is 0 Å². The third kappa shape index (κ3) is 2.47. The maximum Gasteiger partial charge on any atom is 0.337 e. The zero-order valence-corrected chi connectivity index (χ0v) is 9.79. The molecule has 16 heavy (non-hydrogen) atoms. The predicted molar refractivity (Wildman–Crippen MR) is 64.2 cm³/mol. The van der Waals surface area contributed by atoms with Crippen molar-refractivity contribution in [1.29, 1.82) is 0 Å². The van der Waals surface area contributed by atoms with Crippen molar-refractivity contribution >= 4 is 23.3 Å². The predicted octanol–water partition coefficient (Wildman–Crippen LogP) is 3.25. The topological polar surface area (TPSA) is 49.3 Å². The standard InChI is InChI=1S/C12H14ClNO2/c1-7(8-2-3-8)14-9-4-5-11(13)10(6-9)12(15)16/h4-8,14H,2-3H2,1H3,(H,15,16). The van der Waals surface area contributed by atoms with Crippen molar-refractivity contribution in [2.45, 2.75) is 25.8 Å². The molecule has 3 nitrogen and oxygen atoms in total. The molecule has 1 saturated carbocycles. The van der Waals surface area contributed by atoms with E-state index in [0.29, 0.717) is 6.04 Å². The first kappa shape index (κ1) is 11.3. The lowest BCUT2D eigenvalue weighted by Gasteiger charge is -2.14. The van der Waals surface area contributed by atoms with E-state index in [4.69, 9.17) is 16.7 Å². The van der Waals surface area contributed by atoms with Crippen LogP contribution in [-0.2, 0) is 0 Å². The number of aromatic carboxylic acids is 1. The number of carbonyl (C=O) groups is 1. The highest BCUT2D eigenvalue weighted by molar-refractivity contribution is 6.33. The first-order valence-electron chi connectivity index (χ1n) is 5.37. The lowest BCUT2D eigenvalue weighted by Crippen LogP contribution is -2.17. The summed E-state index contributed by atoms with van der Waals surface area (Å²) in [5.41, 5.74) is 0.968. The average Bonchev–Trinajstić information content (AvgIpc) is 3.03. The molecule has 0 saturated heterocycles. The highest BCUT2D eigenvalue weighted by atomic mass is 35.5. The van der Waals surface area contributed by atoms with Gasteiger partial charge in [0.1, 0.15) is 0 Å². The summed E-state index contributed by atoms with van der Waals surface area (Å²) < 4.78 is 0. The number of hydrogen-bond donors (Lipinski definition) is 2. The van der Waals surface area contributed by atoms with Gasteiger partial charge < -0.3 is 10.4 Å². The molecular formula is C12H14ClNO2. The molecular weight excluding hydrogens is 226 g/mol. The van der Waals surface area contributed by atoms with Crippen LogP contribution in [0.25, 0.3) is 0 Å². The van der Waals surface area contributed by atoms with Crippen molar-refractivity contribution in [3.05, 3.63) is 28.8 Å². The Morgan fingerprint density at radius 1 is 1.56 bits per heavy atom. The van der Waals surface area contributed by atoms with Crippen molar-refractivity contribution < 1.29 is 9.90 Å². The van der Waals surface area contributed by atoms with Gasteiger partial charge in [0.2, 0.25) is 0 Å². The molecule has 1 aromatic carbocycles. The summed E-state index contributed by atoms with van der Waals surface area (Å²) in [6.07, 6.45) is 2.51. The average molecular weight is 240 g/mol. The van der Waals surface area contributed by atoms with E-state index in [9.17, 15) is 4.79 Å². The molecule has 0 aliphatic heterocycles. The summed E-state index contributed by atoms with van der Waals surface area (Å²) in [6, 6.07) is 5.41. The Labute approximate surface area is 99.4 Å². The van der Waals surface area contributed by atoms with Gasteiger partial charge in [0.05, 0.1) is 10.6 Å². The zero-order chi connectivity index (χ0) is 11.7. The summed E-state index contributed by atoms with van der Waals surface area (Å²) in [7, 11) is 0. The van der Waals surface area contributed by atoms with Gasteiger partial charge >= 0.3 is 5.97 Å².